The summed E-state index contributed by atoms with van der Waals surface area (Å²) in [5.74, 6) is 1.19. The molecule has 0 aliphatic carbocycles. The van der Waals surface area contributed by atoms with E-state index < -0.39 is 15.8 Å². The highest BCUT2D eigenvalue weighted by Gasteiger charge is 2.34. The number of aryl methyl sites for hydroxylation is 1. The Morgan fingerprint density at radius 3 is 2.73 bits per heavy atom. The van der Waals surface area contributed by atoms with Gasteiger partial charge in [0.2, 0.25) is 10.0 Å². The predicted molar refractivity (Wildman–Crippen MR) is 94.7 cm³/mol. The Kier molecular flexibility index (Phi) is 4.79. The zero-order valence-electron chi connectivity index (χ0n) is 14.6. The molecule has 1 fully saturated rings. The lowest BCUT2D eigenvalue weighted by atomic mass is 9.99. The minimum Gasteiger partial charge on any atom is -0.315 e. The van der Waals surface area contributed by atoms with E-state index in [1.54, 1.807) is 6.07 Å². The third-order valence-electron chi connectivity index (χ3n) is 5.34. The molecule has 0 N–H and O–H groups in total. The average molecular weight is 378 g/mol. The SMILES string of the molecule is O=S(=O)(c1ccccc1F)N1CCCC(c2nnc3n2CCCCC3)C1. The second-order valence-electron chi connectivity index (χ2n) is 7.07. The maximum Gasteiger partial charge on any atom is 0.246 e. The lowest BCUT2D eigenvalue weighted by Gasteiger charge is -2.31. The Balaban J connectivity index is 1.61. The van der Waals surface area contributed by atoms with E-state index in [2.05, 4.69) is 14.8 Å². The van der Waals surface area contributed by atoms with E-state index in [9.17, 15) is 12.8 Å². The number of nitrogens with zero attached hydrogens (tertiary/aromatic N) is 4. The number of piperidine rings is 1. The average Bonchev–Trinajstić information content (AvgIpc) is 2.90. The van der Waals surface area contributed by atoms with E-state index in [0.29, 0.717) is 13.1 Å². The molecule has 3 heterocycles. The Hall–Kier alpha value is -1.80. The lowest BCUT2D eigenvalue weighted by molar-refractivity contribution is 0.303. The Morgan fingerprint density at radius 1 is 1.04 bits per heavy atom. The summed E-state index contributed by atoms with van der Waals surface area (Å²) in [6.07, 6.45) is 5.94. The standard InChI is InChI=1S/C18H23FN4O2S/c19-15-8-3-4-9-16(15)26(24,25)22-11-6-7-14(13-22)18-21-20-17-10-2-1-5-12-23(17)18/h3-4,8-9,14H,1-2,5-7,10-13H2. The van der Waals surface area contributed by atoms with Crippen molar-refractivity contribution in [1.29, 1.82) is 0 Å². The van der Waals surface area contributed by atoms with Gasteiger partial charge in [-0.1, -0.05) is 18.6 Å². The minimum atomic E-state index is -3.84. The summed E-state index contributed by atoms with van der Waals surface area (Å²) in [4.78, 5) is -0.249. The summed E-state index contributed by atoms with van der Waals surface area (Å²) in [6, 6.07) is 5.57. The molecule has 0 amide bonds. The van der Waals surface area contributed by atoms with Gasteiger partial charge in [0, 0.05) is 32.0 Å². The molecule has 26 heavy (non-hydrogen) atoms. The summed E-state index contributed by atoms with van der Waals surface area (Å²) in [5, 5.41) is 8.72. The Labute approximate surface area is 153 Å². The number of hydrogen-bond donors (Lipinski definition) is 0. The summed E-state index contributed by atoms with van der Waals surface area (Å²) in [7, 11) is -3.84. The molecule has 0 radical (unpaired) electrons. The molecule has 2 aromatic rings. The smallest absolute Gasteiger partial charge is 0.246 e. The van der Waals surface area contributed by atoms with Gasteiger partial charge in [-0.25, -0.2) is 12.8 Å². The minimum absolute atomic E-state index is 0.00430. The molecule has 1 atom stereocenters. The number of halogens is 1. The molecule has 4 rings (SSSR count). The van der Waals surface area contributed by atoms with Crippen molar-refractivity contribution < 1.29 is 12.8 Å². The first-order valence-corrected chi connectivity index (χ1v) is 10.7. The number of sulfonamides is 1. The fourth-order valence-corrected chi connectivity index (χ4v) is 5.56. The number of hydrogen-bond acceptors (Lipinski definition) is 4. The van der Waals surface area contributed by atoms with Gasteiger partial charge in [-0.15, -0.1) is 10.2 Å². The summed E-state index contributed by atoms with van der Waals surface area (Å²) < 4.78 is 43.4. The molecule has 0 spiro atoms. The molecule has 2 aliphatic heterocycles. The molecule has 1 aromatic heterocycles. The van der Waals surface area contributed by atoms with Gasteiger partial charge in [0.15, 0.2) is 0 Å². The van der Waals surface area contributed by atoms with E-state index in [-0.39, 0.29) is 10.8 Å². The predicted octanol–water partition coefficient (Wildman–Crippen LogP) is 2.71. The molecule has 1 saturated heterocycles. The molecule has 0 bridgehead atoms. The van der Waals surface area contributed by atoms with Crippen molar-refractivity contribution in [2.75, 3.05) is 13.1 Å². The fourth-order valence-electron chi connectivity index (χ4n) is 3.97. The van der Waals surface area contributed by atoms with Crippen LogP contribution in [0.25, 0.3) is 0 Å². The molecule has 0 saturated carbocycles. The van der Waals surface area contributed by atoms with Gasteiger partial charge in [0.1, 0.15) is 22.4 Å². The van der Waals surface area contributed by atoms with Crippen LogP contribution in [-0.4, -0.2) is 40.6 Å². The van der Waals surface area contributed by atoms with E-state index >= 15 is 0 Å². The van der Waals surface area contributed by atoms with Crippen LogP contribution in [0.4, 0.5) is 4.39 Å². The normalized spacial score (nSPS) is 22.0. The van der Waals surface area contributed by atoms with Crippen molar-refractivity contribution in [1.82, 2.24) is 19.1 Å². The van der Waals surface area contributed by atoms with Crippen LogP contribution < -0.4 is 0 Å². The zero-order valence-corrected chi connectivity index (χ0v) is 15.5. The second-order valence-corrected chi connectivity index (χ2v) is 8.98. The van der Waals surface area contributed by atoms with E-state index in [1.165, 1.54) is 28.9 Å². The fraction of sp³-hybridized carbons (Fsp3) is 0.556. The van der Waals surface area contributed by atoms with Gasteiger partial charge >= 0.3 is 0 Å². The van der Waals surface area contributed by atoms with Gasteiger partial charge in [0.05, 0.1) is 0 Å². The van der Waals surface area contributed by atoms with Crippen LogP contribution in [0.1, 0.15) is 49.7 Å². The topological polar surface area (TPSA) is 68.1 Å². The maximum absolute atomic E-state index is 14.0. The molecule has 8 heteroatoms. The quantitative estimate of drug-likeness (QED) is 0.824. The van der Waals surface area contributed by atoms with Gasteiger partial charge in [-0.2, -0.15) is 4.31 Å². The molecule has 2 aliphatic rings. The Morgan fingerprint density at radius 2 is 1.88 bits per heavy atom. The van der Waals surface area contributed by atoms with Crippen molar-refractivity contribution in [3.05, 3.63) is 41.7 Å². The molecule has 6 nitrogen and oxygen atoms in total. The van der Waals surface area contributed by atoms with Crippen molar-refractivity contribution in [2.45, 2.75) is 55.9 Å². The monoisotopic (exact) mass is 378 g/mol. The highest BCUT2D eigenvalue weighted by Crippen LogP contribution is 2.31. The molecule has 140 valence electrons. The first-order valence-electron chi connectivity index (χ1n) is 9.24. The number of rotatable bonds is 3. The van der Waals surface area contributed by atoms with Crippen molar-refractivity contribution >= 4 is 10.0 Å². The molecule has 1 aromatic carbocycles. The van der Waals surface area contributed by atoms with Crippen LogP contribution in [0.2, 0.25) is 0 Å². The van der Waals surface area contributed by atoms with Crippen molar-refractivity contribution in [2.24, 2.45) is 0 Å². The molecular formula is C18H23FN4O2S. The van der Waals surface area contributed by atoms with Crippen LogP contribution in [-0.2, 0) is 23.0 Å². The molecular weight excluding hydrogens is 355 g/mol. The van der Waals surface area contributed by atoms with E-state index in [0.717, 1.165) is 50.3 Å². The number of aromatic nitrogens is 3. The Bertz CT molecular complexity index is 896. The van der Waals surface area contributed by atoms with Gasteiger partial charge in [0.25, 0.3) is 0 Å². The summed E-state index contributed by atoms with van der Waals surface area (Å²) >= 11 is 0. The highest BCUT2D eigenvalue weighted by molar-refractivity contribution is 7.89. The van der Waals surface area contributed by atoms with Crippen LogP contribution in [0, 0.1) is 5.82 Å². The number of benzene rings is 1. The van der Waals surface area contributed by atoms with Crippen LogP contribution >= 0.6 is 0 Å². The second kappa shape index (κ2) is 7.08. The van der Waals surface area contributed by atoms with Crippen LogP contribution in [0.15, 0.2) is 29.2 Å². The van der Waals surface area contributed by atoms with E-state index in [1.807, 2.05) is 0 Å². The van der Waals surface area contributed by atoms with Crippen LogP contribution in [0.3, 0.4) is 0 Å². The zero-order chi connectivity index (χ0) is 18.1. The number of fused-ring (bicyclic) bond motifs is 1. The maximum atomic E-state index is 14.0. The van der Waals surface area contributed by atoms with Crippen molar-refractivity contribution in [3.63, 3.8) is 0 Å². The van der Waals surface area contributed by atoms with Gasteiger partial charge in [-0.3, -0.25) is 0 Å². The van der Waals surface area contributed by atoms with Gasteiger partial charge in [-0.05, 0) is 37.8 Å². The van der Waals surface area contributed by atoms with Gasteiger partial charge < -0.3 is 4.57 Å². The summed E-state index contributed by atoms with van der Waals surface area (Å²) in [6.45, 7) is 1.64. The largest absolute Gasteiger partial charge is 0.315 e. The third-order valence-corrected chi connectivity index (χ3v) is 7.24. The van der Waals surface area contributed by atoms with Crippen LogP contribution in [0.5, 0.6) is 0 Å². The lowest BCUT2D eigenvalue weighted by Crippen LogP contribution is -2.40. The molecule has 1 unspecified atom stereocenters. The third kappa shape index (κ3) is 3.16. The summed E-state index contributed by atoms with van der Waals surface area (Å²) in [5.41, 5.74) is 0. The highest BCUT2D eigenvalue weighted by atomic mass is 32.2. The first kappa shape index (κ1) is 17.6. The van der Waals surface area contributed by atoms with Crippen molar-refractivity contribution in [3.8, 4) is 0 Å². The first-order chi connectivity index (χ1) is 12.6. The van der Waals surface area contributed by atoms with E-state index in [4.69, 9.17) is 0 Å².